The molecule has 1 aliphatic rings. The minimum absolute atomic E-state index is 0.211. The van der Waals surface area contributed by atoms with Crippen LogP contribution in [0, 0.1) is 0 Å². The Morgan fingerprint density at radius 2 is 2.00 bits per heavy atom. The highest BCUT2D eigenvalue weighted by atomic mass is 32.2. The van der Waals surface area contributed by atoms with Gasteiger partial charge < -0.3 is 9.64 Å². The molecule has 8 nitrogen and oxygen atoms in total. The minimum Gasteiger partial charge on any atom is -0.378 e. The molecule has 3 heterocycles. The highest BCUT2D eigenvalue weighted by Crippen LogP contribution is 2.17. The molecule has 9 heteroatoms. The molecule has 1 fully saturated rings. The van der Waals surface area contributed by atoms with E-state index in [4.69, 9.17) is 4.74 Å². The zero-order valence-electron chi connectivity index (χ0n) is 12.0. The first-order valence-electron chi connectivity index (χ1n) is 6.92. The lowest BCUT2D eigenvalue weighted by Gasteiger charge is -2.28. The van der Waals surface area contributed by atoms with Crippen molar-refractivity contribution in [1.82, 2.24) is 19.5 Å². The average Bonchev–Trinajstić information content (AvgIpc) is 2.99. The molecule has 0 spiro atoms. The number of carbonyl (C=O) groups excluding carboxylic acids is 1. The van der Waals surface area contributed by atoms with Crippen molar-refractivity contribution in [2.75, 3.05) is 26.3 Å². The molecule has 0 aliphatic carbocycles. The highest BCUT2D eigenvalue weighted by Gasteiger charge is 2.36. The van der Waals surface area contributed by atoms with E-state index in [0.717, 1.165) is 0 Å². The van der Waals surface area contributed by atoms with Gasteiger partial charge in [0.05, 0.1) is 13.2 Å². The van der Waals surface area contributed by atoms with Crippen LogP contribution in [0.4, 0.5) is 0 Å². The second-order valence-electron chi connectivity index (χ2n) is 5.04. The monoisotopic (exact) mass is 324 g/mol. The van der Waals surface area contributed by atoms with Crippen LogP contribution in [0.5, 0.6) is 0 Å². The number of hydrogen-bond donors (Lipinski definition) is 0. The molecule has 2 aromatic rings. The van der Waals surface area contributed by atoms with Gasteiger partial charge >= 0.3 is 0 Å². The second kappa shape index (κ2) is 5.65. The van der Waals surface area contributed by atoms with Crippen LogP contribution in [0.25, 0.3) is 5.65 Å². The van der Waals surface area contributed by atoms with Crippen LogP contribution in [0.2, 0.25) is 0 Å². The molecule has 0 bridgehead atoms. The van der Waals surface area contributed by atoms with Crippen LogP contribution in [0.3, 0.4) is 0 Å². The maximum atomic E-state index is 12.7. The van der Waals surface area contributed by atoms with E-state index in [-0.39, 0.29) is 5.16 Å². The van der Waals surface area contributed by atoms with Gasteiger partial charge in [-0.2, -0.15) is 0 Å². The molecule has 1 atom stereocenters. The van der Waals surface area contributed by atoms with Gasteiger partial charge in [0.15, 0.2) is 5.65 Å². The number of pyridine rings is 1. The van der Waals surface area contributed by atoms with Crippen LogP contribution in [0.15, 0.2) is 29.6 Å². The number of sulfone groups is 1. The Morgan fingerprint density at radius 1 is 1.27 bits per heavy atom. The van der Waals surface area contributed by atoms with Gasteiger partial charge in [-0.15, -0.1) is 10.2 Å². The number of ether oxygens (including phenoxy) is 1. The zero-order valence-corrected chi connectivity index (χ0v) is 12.9. The first-order chi connectivity index (χ1) is 10.5. The molecule has 0 N–H and O–H groups in total. The summed E-state index contributed by atoms with van der Waals surface area (Å²) in [5.74, 6) is -0.434. The quantitative estimate of drug-likeness (QED) is 0.773. The predicted octanol–water partition coefficient (Wildman–Crippen LogP) is -0.250. The summed E-state index contributed by atoms with van der Waals surface area (Å²) in [6.45, 7) is 3.04. The third kappa shape index (κ3) is 2.46. The number of aromatic nitrogens is 3. The van der Waals surface area contributed by atoms with E-state index in [1.807, 2.05) is 0 Å². The van der Waals surface area contributed by atoms with Gasteiger partial charge in [0.1, 0.15) is 5.25 Å². The van der Waals surface area contributed by atoms with Crippen LogP contribution in [0.1, 0.15) is 6.92 Å². The van der Waals surface area contributed by atoms with E-state index in [9.17, 15) is 13.2 Å². The number of fused-ring (bicyclic) bond motifs is 1. The number of carbonyl (C=O) groups is 1. The highest BCUT2D eigenvalue weighted by molar-refractivity contribution is 7.92. The number of rotatable bonds is 3. The molecule has 0 aromatic carbocycles. The van der Waals surface area contributed by atoms with Gasteiger partial charge in [0.25, 0.3) is 5.16 Å². The largest absolute Gasteiger partial charge is 0.378 e. The summed E-state index contributed by atoms with van der Waals surface area (Å²) < 4.78 is 31.9. The normalized spacial score (nSPS) is 17.6. The lowest BCUT2D eigenvalue weighted by atomic mass is 10.3. The summed E-state index contributed by atoms with van der Waals surface area (Å²) in [5.41, 5.74) is 0.423. The Bertz CT molecular complexity index is 795. The average molecular weight is 324 g/mol. The zero-order chi connectivity index (χ0) is 15.7. The molecule has 1 unspecified atom stereocenters. The van der Waals surface area contributed by atoms with Crippen molar-refractivity contribution in [2.45, 2.75) is 17.3 Å². The molecule has 0 radical (unpaired) electrons. The molecule has 0 saturated carbocycles. The molecular formula is C13H16N4O4S. The van der Waals surface area contributed by atoms with Crippen molar-refractivity contribution >= 4 is 21.4 Å². The van der Waals surface area contributed by atoms with Gasteiger partial charge in [-0.3, -0.25) is 9.20 Å². The molecule has 2 aromatic heterocycles. The van der Waals surface area contributed by atoms with Crippen molar-refractivity contribution in [2.24, 2.45) is 0 Å². The maximum absolute atomic E-state index is 12.7. The predicted molar refractivity (Wildman–Crippen MR) is 77.0 cm³/mol. The number of amides is 1. The molecule has 1 amide bonds. The smallest absolute Gasteiger partial charge is 0.254 e. The van der Waals surface area contributed by atoms with Gasteiger partial charge in [0.2, 0.25) is 15.7 Å². The summed E-state index contributed by atoms with van der Waals surface area (Å²) in [6, 6.07) is 5.08. The first kappa shape index (κ1) is 14.9. The van der Waals surface area contributed by atoms with E-state index < -0.39 is 21.0 Å². The standard InChI is InChI=1S/C13H16N4O4S/c1-10(12(18)16-6-8-21-9-7-16)22(19,20)13-15-14-11-4-2-3-5-17(11)13/h2-5,10H,6-9H2,1H3. The van der Waals surface area contributed by atoms with Crippen molar-refractivity contribution < 1.29 is 17.9 Å². The van der Waals surface area contributed by atoms with Crippen LogP contribution in [-0.4, -0.2) is 65.4 Å². The van der Waals surface area contributed by atoms with Crippen molar-refractivity contribution in [3.63, 3.8) is 0 Å². The summed E-state index contributed by atoms with van der Waals surface area (Å²) in [7, 11) is -3.91. The Balaban J connectivity index is 1.93. The van der Waals surface area contributed by atoms with Crippen molar-refractivity contribution in [3.05, 3.63) is 24.4 Å². The van der Waals surface area contributed by atoms with Crippen LogP contribution < -0.4 is 0 Å². The number of nitrogens with zero attached hydrogens (tertiary/aromatic N) is 4. The SMILES string of the molecule is CC(C(=O)N1CCOCC1)S(=O)(=O)c1nnc2ccccn12. The Labute approximate surface area is 127 Å². The van der Waals surface area contributed by atoms with Crippen LogP contribution in [-0.2, 0) is 19.4 Å². The number of hydrogen-bond acceptors (Lipinski definition) is 6. The summed E-state index contributed by atoms with van der Waals surface area (Å²) in [5, 5.41) is 6.15. The fourth-order valence-corrected chi connectivity index (χ4v) is 3.66. The molecule has 3 rings (SSSR count). The lowest BCUT2D eigenvalue weighted by molar-refractivity contribution is -0.134. The number of morpholine rings is 1. The van der Waals surface area contributed by atoms with Gasteiger partial charge in [-0.05, 0) is 19.1 Å². The summed E-state index contributed by atoms with van der Waals surface area (Å²) in [6.07, 6.45) is 1.56. The molecule has 1 aliphatic heterocycles. The summed E-state index contributed by atoms with van der Waals surface area (Å²) in [4.78, 5) is 13.9. The third-order valence-electron chi connectivity index (χ3n) is 3.67. The van der Waals surface area contributed by atoms with E-state index >= 15 is 0 Å². The first-order valence-corrected chi connectivity index (χ1v) is 8.46. The minimum atomic E-state index is -3.91. The molecular weight excluding hydrogens is 308 g/mol. The maximum Gasteiger partial charge on any atom is 0.254 e. The Kier molecular flexibility index (Phi) is 3.83. The lowest BCUT2D eigenvalue weighted by Crippen LogP contribution is -2.47. The molecule has 22 heavy (non-hydrogen) atoms. The molecule has 118 valence electrons. The third-order valence-corrected chi connectivity index (χ3v) is 5.59. The van der Waals surface area contributed by atoms with Gasteiger partial charge in [0, 0.05) is 19.3 Å². The van der Waals surface area contributed by atoms with E-state index in [1.165, 1.54) is 16.2 Å². The van der Waals surface area contributed by atoms with E-state index in [0.29, 0.717) is 32.0 Å². The fourth-order valence-electron chi connectivity index (χ4n) is 2.35. The van der Waals surface area contributed by atoms with E-state index in [2.05, 4.69) is 10.2 Å². The van der Waals surface area contributed by atoms with Crippen molar-refractivity contribution in [3.8, 4) is 0 Å². The molecule has 1 saturated heterocycles. The topological polar surface area (TPSA) is 93.9 Å². The van der Waals surface area contributed by atoms with Gasteiger partial charge in [-0.25, -0.2) is 8.42 Å². The fraction of sp³-hybridized carbons (Fsp3) is 0.462. The van der Waals surface area contributed by atoms with Crippen molar-refractivity contribution in [1.29, 1.82) is 0 Å². The van der Waals surface area contributed by atoms with E-state index in [1.54, 1.807) is 24.4 Å². The summed E-state index contributed by atoms with van der Waals surface area (Å²) >= 11 is 0. The Morgan fingerprint density at radius 3 is 2.73 bits per heavy atom. The Hall–Kier alpha value is -2.00. The van der Waals surface area contributed by atoms with Crippen LogP contribution >= 0.6 is 0 Å². The second-order valence-corrected chi connectivity index (χ2v) is 7.20. The van der Waals surface area contributed by atoms with Gasteiger partial charge in [-0.1, -0.05) is 6.07 Å².